The van der Waals surface area contributed by atoms with E-state index in [0.29, 0.717) is 22.5 Å². The summed E-state index contributed by atoms with van der Waals surface area (Å²) < 4.78 is 0. The van der Waals surface area contributed by atoms with Crippen LogP contribution in [0.25, 0.3) is 0 Å². The number of nitrogens with zero attached hydrogens (tertiary/aromatic N) is 2. The van der Waals surface area contributed by atoms with Gasteiger partial charge in [-0.25, -0.2) is 9.97 Å². The Kier molecular flexibility index (Phi) is 5.63. The van der Waals surface area contributed by atoms with Gasteiger partial charge in [0.1, 0.15) is 15.0 Å². The molecule has 23 heavy (non-hydrogen) atoms. The fourth-order valence-corrected chi connectivity index (χ4v) is 4.66. The second-order valence-corrected chi connectivity index (χ2v) is 8.08. The zero-order valence-electron chi connectivity index (χ0n) is 12.9. The molecule has 0 saturated carbocycles. The lowest BCUT2D eigenvalue weighted by molar-refractivity contribution is 0.0954. The highest BCUT2D eigenvalue weighted by Gasteiger charge is 2.19. The van der Waals surface area contributed by atoms with Crippen LogP contribution in [0.3, 0.4) is 0 Å². The summed E-state index contributed by atoms with van der Waals surface area (Å²) in [7, 11) is 0. The van der Waals surface area contributed by atoms with E-state index < -0.39 is 0 Å². The van der Waals surface area contributed by atoms with Gasteiger partial charge in [-0.15, -0.1) is 22.7 Å². The monoisotopic (exact) mass is 370 g/mol. The van der Waals surface area contributed by atoms with E-state index in [1.54, 1.807) is 5.38 Å². The first-order valence-electron chi connectivity index (χ1n) is 7.67. The second kappa shape index (κ2) is 7.70. The first-order valence-corrected chi connectivity index (χ1v) is 9.74. The summed E-state index contributed by atoms with van der Waals surface area (Å²) in [5.41, 5.74) is 0.814. The fraction of sp³-hybridized carbons (Fsp3) is 0.533. The van der Waals surface area contributed by atoms with Gasteiger partial charge in [0.2, 0.25) is 0 Å². The molecule has 0 radical (unpaired) electrons. The summed E-state index contributed by atoms with van der Waals surface area (Å²) in [4.78, 5) is 21.8. The summed E-state index contributed by atoms with van der Waals surface area (Å²) in [5.74, 6) is 0.595. The van der Waals surface area contributed by atoms with Crippen LogP contribution in [0.4, 0.5) is 0 Å². The number of amides is 1. The first kappa shape index (κ1) is 16.8. The van der Waals surface area contributed by atoms with Crippen LogP contribution in [0.15, 0.2) is 5.38 Å². The predicted octanol–water partition coefficient (Wildman–Crippen LogP) is 3.03. The third-order valence-electron chi connectivity index (χ3n) is 3.89. The molecule has 3 heterocycles. The van der Waals surface area contributed by atoms with Gasteiger partial charge < -0.3 is 10.6 Å². The molecule has 0 atom stereocenters. The Morgan fingerprint density at radius 1 is 1.39 bits per heavy atom. The highest BCUT2D eigenvalue weighted by atomic mass is 35.5. The quantitative estimate of drug-likeness (QED) is 0.848. The molecule has 1 saturated heterocycles. The molecule has 5 nitrogen and oxygen atoms in total. The normalized spacial score (nSPS) is 15.7. The number of thiazole rings is 2. The van der Waals surface area contributed by atoms with Crippen molar-refractivity contribution in [3.63, 3.8) is 0 Å². The Hall–Kier alpha value is -1.02. The van der Waals surface area contributed by atoms with Crippen molar-refractivity contribution in [2.75, 3.05) is 13.1 Å². The molecule has 1 amide bonds. The number of hydrogen-bond donors (Lipinski definition) is 2. The molecule has 3 rings (SSSR count). The predicted molar refractivity (Wildman–Crippen MR) is 94.4 cm³/mol. The Bertz CT molecular complexity index is 679. The van der Waals surface area contributed by atoms with Crippen LogP contribution in [0.1, 0.15) is 38.2 Å². The molecule has 0 aromatic carbocycles. The van der Waals surface area contributed by atoms with Crippen molar-refractivity contribution in [2.45, 2.75) is 32.7 Å². The number of rotatable bonds is 5. The van der Waals surface area contributed by atoms with Gasteiger partial charge in [0, 0.05) is 11.8 Å². The second-order valence-electron chi connectivity index (χ2n) is 5.67. The minimum absolute atomic E-state index is 0.0807. The summed E-state index contributed by atoms with van der Waals surface area (Å²) in [5, 5.41) is 10.4. The van der Waals surface area contributed by atoms with E-state index >= 15 is 0 Å². The van der Waals surface area contributed by atoms with Crippen LogP contribution in [0.5, 0.6) is 0 Å². The molecule has 124 valence electrons. The van der Waals surface area contributed by atoms with E-state index in [-0.39, 0.29) is 5.91 Å². The third-order valence-corrected chi connectivity index (χ3v) is 6.24. The number of hydrogen-bond acceptors (Lipinski definition) is 6. The van der Waals surface area contributed by atoms with E-state index in [4.69, 9.17) is 11.6 Å². The maximum Gasteiger partial charge on any atom is 0.263 e. The Morgan fingerprint density at radius 2 is 2.17 bits per heavy atom. The van der Waals surface area contributed by atoms with Crippen LogP contribution >= 0.6 is 34.3 Å². The summed E-state index contributed by atoms with van der Waals surface area (Å²) >= 11 is 8.75. The van der Waals surface area contributed by atoms with Crippen molar-refractivity contribution in [3.8, 4) is 0 Å². The number of nitrogens with one attached hydrogen (secondary N) is 2. The fourth-order valence-electron chi connectivity index (χ4n) is 2.69. The molecule has 8 heteroatoms. The van der Waals surface area contributed by atoms with Gasteiger partial charge >= 0.3 is 0 Å². The number of halogens is 1. The highest BCUT2D eigenvalue weighted by Crippen LogP contribution is 2.24. The van der Waals surface area contributed by atoms with E-state index in [1.165, 1.54) is 35.5 Å². The lowest BCUT2D eigenvalue weighted by atomic mass is 9.95. The Labute approximate surface area is 148 Å². The van der Waals surface area contributed by atoms with Crippen molar-refractivity contribution in [1.29, 1.82) is 0 Å². The topological polar surface area (TPSA) is 66.9 Å². The highest BCUT2D eigenvalue weighted by molar-refractivity contribution is 7.13. The number of carbonyl (C=O) groups excluding carboxylic acids is 1. The summed E-state index contributed by atoms with van der Waals surface area (Å²) in [6.45, 7) is 4.46. The molecule has 0 spiro atoms. The van der Waals surface area contributed by atoms with Crippen LogP contribution in [0.2, 0.25) is 5.15 Å². The van der Waals surface area contributed by atoms with Crippen LogP contribution in [-0.2, 0) is 13.0 Å². The average molecular weight is 371 g/mol. The van der Waals surface area contributed by atoms with Gasteiger partial charge in [-0.3, -0.25) is 4.79 Å². The van der Waals surface area contributed by atoms with Crippen molar-refractivity contribution >= 4 is 40.2 Å². The molecular weight excluding hydrogens is 352 g/mol. The summed E-state index contributed by atoms with van der Waals surface area (Å²) in [6, 6.07) is 0. The van der Waals surface area contributed by atoms with Gasteiger partial charge in [0.15, 0.2) is 0 Å². The zero-order valence-corrected chi connectivity index (χ0v) is 15.3. The van der Waals surface area contributed by atoms with Crippen LogP contribution < -0.4 is 10.6 Å². The van der Waals surface area contributed by atoms with E-state index in [1.807, 2.05) is 6.92 Å². The van der Waals surface area contributed by atoms with Crippen molar-refractivity contribution in [1.82, 2.24) is 20.6 Å². The number of aromatic nitrogens is 2. The third kappa shape index (κ3) is 4.50. The van der Waals surface area contributed by atoms with Gasteiger partial charge in [0.25, 0.3) is 5.91 Å². The van der Waals surface area contributed by atoms with E-state index in [9.17, 15) is 4.79 Å². The molecule has 1 aliphatic heterocycles. The summed E-state index contributed by atoms with van der Waals surface area (Å²) in [6.07, 6.45) is 3.35. The first-order chi connectivity index (χ1) is 11.1. The van der Waals surface area contributed by atoms with Crippen LogP contribution in [-0.4, -0.2) is 29.0 Å². The SMILES string of the molecule is Cc1nc(CC2CCNCC2)sc1C(=O)NCc1nc(Cl)cs1. The van der Waals surface area contributed by atoms with Crippen molar-refractivity contribution in [3.05, 3.63) is 31.1 Å². The minimum Gasteiger partial charge on any atom is -0.345 e. The zero-order chi connectivity index (χ0) is 16.2. The number of carbonyl (C=O) groups is 1. The molecule has 0 aliphatic carbocycles. The molecule has 1 fully saturated rings. The molecule has 1 aliphatic rings. The van der Waals surface area contributed by atoms with Gasteiger partial charge in [-0.2, -0.15) is 0 Å². The average Bonchev–Trinajstić information content (AvgIpc) is 3.12. The maximum absolute atomic E-state index is 12.3. The molecule has 2 aromatic rings. The molecule has 0 unspecified atom stereocenters. The number of piperidine rings is 1. The van der Waals surface area contributed by atoms with Crippen molar-refractivity contribution in [2.24, 2.45) is 5.92 Å². The van der Waals surface area contributed by atoms with E-state index in [2.05, 4.69) is 20.6 Å². The van der Waals surface area contributed by atoms with Crippen molar-refractivity contribution < 1.29 is 4.79 Å². The molecule has 0 bridgehead atoms. The van der Waals surface area contributed by atoms with Gasteiger partial charge in [-0.05, 0) is 38.8 Å². The largest absolute Gasteiger partial charge is 0.345 e. The lowest BCUT2D eigenvalue weighted by Crippen LogP contribution is -2.28. The lowest BCUT2D eigenvalue weighted by Gasteiger charge is -2.21. The molecule has 2 aromatic heterocycles. The minimum atomic E-state index is -0.0807. The standard InChI is InChI=1S/C15H19ClN4OS2/c1-9-14(15(21)18-7-13-20-11(16)8-22-13)23-12(19-9)6-10-2-4-17-5-3-10/h8,10,17H,2-7H2,1H3,(H,18,21). The van der Waals surface area contributed by atoms with Gasteiger partial charge in [-0.1, -0.05) is 11.6 Å². The Morgan fingerprint density at radius 3 is 2.87 bits per heavy atom. The van der Waals surface area contributed by atoms with Gasteiger partial charge in [0.05, 0.1) is 17.2 Å². The smallest absolute Gasteiger partial charge is 0.263 e. The Balaban J connectivity index is 1.59. The molecular formula is C15H19ClN4OS2. The molecule has 2 N–H and O–H groups in total. The van der Waals surface area contributed by atoms with E-state index in [0.717, 1.165) is 35.2 Å². The number of aryl methyl sites for hydroxylation is 1. The van der Waals surface area contributed by atoms with Crippen LogP contribution in [0, 0.1) is 12.8 Å². The maximum atomic E-state index is 12.3.